The molecule has 1 heterocycles. The monoisotopic (exact) mass is 423 g/mol. The minimum atomic E-state index is -4.58. The second-order valence-corrected chi connectivity index (χ2v) is 7.32. The van der Waals surface area contributed by atoms with Crippen molar-refractivity contribution in [1.82, 2.24) is 9.97 Å². The minimum absolute atomic E-state index is 0.156. The van der Waals surface area contributed by atoms with Gasteiger partial charge in [0.1, 0.15) is 17.4 Å². The van der Waals surface area contributed by atoms with Crippen molar-refractivity contribution in [3.05, 3.63) is 36.0 Å². The van der Waals surface area contributed by atoms with Crippen LogP contribution in [-0.2, 0) is 6.18 Å². The van der Waals surface area contributed by atoms with Gasteiger partial charge in [0.15, 0.2) is 0 Å². The normalized spacial score (nSPS) is 15.1. The standard InChI is InChI=1S/C22H28F3N3O2/c1-3-14-29-19-13-9-8-12-18(19)28(4-2)21-26-15-17(22(23,24)25)20(27-21)30-16-10-6-5-7-11-16/h8-9,12-13,15-16H,3-7,10-11,14H2,1-2H3. The molecule has 5 nitrogen and oxygen atoms in total. The molecule has 1 aromatic heterocycles. The molecule has 0 aliphatic heterocycles. The van der Waals surface area contributed by atoms with Gasteiger partial charge in [0, 0.05) is 12.7 Å². The zero-order chi connectivity index (χ0) is 21.6. The molecular formula is C22H28F3N3O2. The average Bonchev–Trinajstić information content (AvgIpc) is 2.74. The van der Waals surface area contributed by atoms with E-state index in [1.807, 2.05) is 38.1 Å². The Balaban J connectivity index is 1.97. The predicted molar refractivity (Wildman–Crippen MR) is 109 cm³/mol. The smallest absolute Gasteiger partial charge is 0.423 e. The van der Waals surface area contributed by atoms with Gasteiger partial charge < -0.3 is 14.4 Å². The lowest BCUT2D eigenvalue weighted by atomic mass is 9.98. The molecule has 1 aliphatic rings. The highest BCUT2D eigenvalue weighted by Crippen LogP contribution is 2.39. The highest BCUT2D eigenvalue weighted by Gasteiger charge is 2.37. The van der Waals surface area contributed by atoms with Crippen molar-refractivity contribution in [3.8, 4) is 11.6 Å². The van der Waals surface area contributed by atoms with Crippen LogP contribution in [0.15, 0.2) is 30.5 Å². The number of hydrogen-bond acceptors (Lipinski definition) is 5. The third-order valence-corrected chi connectivity index (χ3v) is 5.05. The first kappa shape index (κ1) is 22.2. The van der Waals surface area contributed by atoms with Gasteiger partial charge in [0.2, 0.25) is 11.8 Å². The Kier molecular flexibility index (Phi) is 7.39. The quantitative estimate of drug-likeness (QED) is 0.509. The molecule has 1 fully saturated rings. The highest BCUT2D eigenvalue weighted by atomic mass is 19.4. The van der Waals surface area contributed by atoms with Gasteiger partial charge in [-0.25, -0.2) is 4.98 Å². The maximum absolute atomic E-state index is 13.6. The Hall–Kier alpha value is -2.51. The third kappa shape index (κ3) is 5.34. The Labute approximate surface area is 175 Å². The van der Waals surface area contributed by atoms with E-state index in [4.69, 9.17) is 9.47 Å². The molecule has 1 aliphatic carbocycles. The molecule has 164 valence electrons. The number of nitrogens with zero attached hydrogens (tertiary/aromatic N) is 3. The van der Waals surface area contributed by atoms with Crippen molar-refractivity contribution in [2.75, 3.05) is 18.1 Å². The van der Waals surface area contributed by atoms with Gasteiger partial charge in [-0.15, -0.1) is 0 Å². The van der Waals surface area contributed by atoms with Crippen LogP contribution in [0.3, 0.4) is 0 Å². The Bertz CT molecular complexity index is 824. The lowest BCUT2D eigenvalue weighted by Gasteiger charge is -2.26. The lowest BCUT2D eigenvalue weighted by molar-refractivity contribution is -0.140. The van der Waals surface area contributed by atoms with E-state index in [2.05, 4.69) is 9.97 Å². The summed E-state index contributed by atoms with van der Waals surface area (Å²) in [6.45, 7) is 4.90. The summed E-state index contributed by atoms with van der Waals surface area (Å²) in [6, 6.07) is 7.38. The SMILES string of the molecule is CCCOc1ccccc1N(CC)c1ncc(C(F)(F)F)c(OC2CCCCC2)n1. The molecule has 30 heavy (non-hydrogen) atoms. The van der Waals surface area contributed by atoms with Crippen LogP contribution in [0.4, 0.5) is 24.8 Å². The zero-order valence-electron chi connectivity index (χ0n) is 17.4. The van der Waals surface area contributed by atoms with E-state index in [-0.39, 0.29) is 12.1 Å². The van der Waals surface area contributed by atoms with Crippen LogP contribution in [-0.4, -0.2) is 29.2 Å². The van der Waals surface area contributed by atoms with Crippen LogP contribution in [0.2, 0.25) is 0 Å². The molecule has 0 saturated heterocycles. The molecule has 8 heteroatoms. The number of hydrogen-bond donors (Lipinski definition) is 0. The maximum Gasteiger partial charge on any atom is 0.423 e. The van der Waals surface area contributed by atoms with Crippen molar-refractivity contribution in [3.63, 3.8) is 0 Å². The molecular weight excluding hydrogens is 395 g/mol. The number of benzene rings is 1. The van der Waals surface area contributed by atoms with Gasteiger partial charge in [-0.1, -0.05) is 25.5 Å². The molecule has 0 unspecified atom stereocenters. The fourth-order valence-electron chi connectivity index (χ4n) is 3.55. The third-order valence-electron chi connectivity index (χ3n) is 5.05. The van der Waals surface area contributed by atoms with E-state index >= 15 is 0 Å². The summed E-state index contributed by atoms with van der Waals surface area (Å²) in [4.78, 5) is 9.98. The fraction of sp³-hybridized carbons (Fsp3) is 0.545. The molecule has 3 rings (SSSR count). The summed E-state index contributed by atoms with van der Waals surface area (Å²) < 4.78 is 52.2. The van der Waals surface area contributed by atoms with Crippen molar-refractivity contribution < 1.29 is 22.6 Å². The fourth-order valence-corrected chi connectivity index (χ4v) is 3.55. The predicted octanol–water partition coefficient (Wildman–Crippen LogP) is 6.15. The zero-order valence-corrected chi connectivity index (χ0v) is 17.4. The van der Waals surface area contributed by atoms with E-state index in [9.17, 15) is 13.2 Å². The Morgan fingerprint density at radius 3 is 2.50 bits per heavy atom. The van der Waals surface area contributed by atoms with Crippen LogP contribution < -0.4 is 14.4 Å². The molecule has 2 aromatic rings. The first-order valence-electron chi connectivity index (χ1n) is 10.5. The molecule has 1 saturated carbocycles. The second-order valence-electron chi connectivity index (χ2n) is 7.32. The van der Waals surface area contributed by atoms with E-state index in [1.165, 1.54) is 0 Å². The number of anilines is 2. The number of para-hydroxylation sites is 2. The van der Waals surface area contributed by atoms with Gasteiger partial charge in [-0.2, -0.15) is 18.2 Å². The molecule has 0 radical (unpaired) electrons. The van der Waals surface area contributed by atoms with Gasteiger partial charge in [-0.3, -0.25) is 0 Å². The molecule has 0 N–H and O–H groups in total. The summed E-state index contributed by atoms with van der Waals surface area (Å²) in [7, 11) is 0. The van der Waals surface area contributed by atoms with Crippen molar-refractivity contribution in [2.24, 2.45) is 0 Å². The van der Waals surface area contributed by atoms with E-state index in [0.717, 1.165) is 44.7 Å². The second kappa shape index (κ2) is 10.00. The first-order valence-corrected chi connectivity index (χ1v) is 10.5. The lowest BCUT2D eigenvalue weighted by Crippen LogP contribution is -2.25. The number of ether oxygens (including phenoxy) is 2. The van der Waals surface area contributed by atoms with Gasteiger partial charge >= 0.3 is 6.18 Å². The Morgan fingerprint density at radius 1 is 1.10 bits per heavy atom. The molecule has 0 amide bonds. The number of aromatic nitrogens is 2. The molecule has 0 atom stereocenters. The van der Waals surface area contributed by atoms with Crippen LogP contribution in [0.5, 0.6) is 11.6 Å². The average molecular weight is 423 g/mol. The van der Waals surface area contributed by atoms with Gasteiger partial charge in [0.25, 0.3) is 0 Å². The van der Waals surface area contributed by atoms with Crippen molar-refractivity contribution in [2.45, 2.75) is 64.7 Å². The molecule has 0 spiro atoms. The summed E-state index contributed by atoms with van der Waals surface area (Å²) in [5.74, 6) is 0.396. The molecule has 0 bridgehead atoms. The van der Waals surface area contributed by atoms with Crippen molar-refractivity contribution >= 4 is 11.6 Å². The minimum Gasteiger partial charge on any atom is -0.491 e. The maximum atomic E-state index is 13.6. The first-order chi connectivity index (χ1) is 14.4. The molecule has 1 aromatic carbocycles. The van der Waals surface area contributed by atoms with Crippen LogP contribution >= 0.6 is 0 Å². The number of rotatable bonds is 8. The van der Waals surface area contributed by atoms with Crippen molar-refractivity contribution in [1.29, 1.82) is 0 Å². The van der Waals surface area contributed by atoms with E-state index in [0.29, 0.717) is 24.6 Å². The van der Waals surface area contributed by atoms with Crippen LogP contribution in [0.1, 0.15) is 57.9 Å². The van der Waals surface area contributed by atoms with E-state index in [1.54, 1.807) is 4.90 Å². The summed E-state index contributed by atoms with van der Waals surface area (Å²) in [5, 5.41) is 0. The van der Waals surface area contributed by atoms with E-state index < -0.39 is 17.6 Å². The number of alkyl halides is 3. The van der Waals surface area contributed by atoms with Crippen LogP contribution in [0.25, 0.3) is 0 Å². The highest BCUT2D eigenvalue weighted by molar-refractivity contribution is 5.65. The number of halogens is 3. The Morgan fingerprint density at radius 2 is 1.83 bits per heavy atom. The van der Waals surface area contributed by atoms with Gasteiger partial charge in [0.05, 0.1) is 12.3 Å². The van der Waals surface area contributed by atoms with Gasteiger partial charge in [-0.05, 0) is 51.2 Å². The topological polar surface area (TPSA) is 47.5 Å². The summed E-state index contributed by atoms with van der Waals surface area (Å²) >= 11 is 0. The summed E-state index contributed by atoms with van der Waals surface area (Å²) in [5.41, 5.74) is -0.236. The summed E-state index contributed by atoms with van der Waals surface area (Å²) in [6.07, 6.45) is 1.29. The van der Waals surface area contributed by atoms with Crippen LogP contribution in [0, 0.1) is 0 Å². The largest absolute Gasteiger partial charge is 0.491 e.